The zero-order valence-electron chi connectivity index (χ0n) is 18.7. The highest BCUT2D eigenvalue weighted by atomic mass is 32.2. The van der Waals surface area contributed by atoms with Crippen LogP contribution in [0.5, 0.6) is 0 Å². The largest absolute Gasteiger partial charge is 0.378 e. The van der Waals surface area contributed by atoms with Crippen LogP contribution in [0.25, 0.3) is 0 Å². The van der Waals surface area contributed by atoms with E-state index in [4.69, 9.17) is 4.74 Å². The van der Waals surface area contributed by atoms with E-state index in [1.165, 1.54) is 17.4 Å². The van der Waals surface area contributed by atoms with Gasteiger partial charge >= 0.3 is 0 Å². The van der Waals surface area contributed by atoms with Crippen molar-refractivity contribution in [3.8, 4) is 0 Å². The van der Waals surface area contributed by atoms with Gasteiger partial charge in [-0.2, -0.15) is 0 Å². The molecule has 2 N–H and O–H groups in total. The molecule has 0 bridgehead atoms. The molecule has 3 aromatic rings. The molecule has 170 valence electrons. The number of amides is 1. The third-order valence-corrected chi connectivity index (χ3v) is 6.16. The van der Waals surface area contributed by atoms with Crippen molar-refractivity contribution in [1.29, 1.82) is 0 Å². The zero-order valence-corrected chi connectivity index (χ0v) is 19.6. The van der Waals surface area contributed by atoms with E-state index in [0.29, 0.717) is 11.5 Å². The molecule has 2 heterocycles. The average Bonchev–Trinajstić information content (AvgIpc) is 2.85. The number of morpholine rings is 1. The maximum Gasteiger partial charge on any atom is 0.250 e. The number of allylic oxidation sites excluding steroid dienone is 1. The summed E-state index contributed by atoms with van der Waals surface area (Å²) in [4.78, 5) is 24.4. The summed E-state index contributed by atoms with van der Waals surface area (Å²) in [6.07, 6.45) is 3.53. The van der Waals surface area contributed by atoms with E-state index < -0.39 is 0 Å². The second kappa shape index (κ2) is 11.0. The van der Waals surface area contributed by atoms with Gasteiger partial charge in [0.1, 0.15) is 5.03 Å². The van der Waals surface area contributed by atoms with Gasteiger partial charge in [0.05, 0.1) is 13.2 Å². The summed E-state index contributed by atoms with van der Waals surface area (Å²) < 4.78 is 5.42. The van der Waals surface area contributed by atoms with Crippen molar-refractivity contribution in [1.82, 2.24) is 9.97 Å². The molecule has 1 aliphatic heterocycles. The average molecular weight is 462 g/mol. The highest BCUT2D eigenvalue weighted by Gasteiger charge is 2.11. The molecule has 1 amide bonds. The Morgan fingerprint density at radius 1 is 1.09 bits per heavy atom. The van der Waals surface area contributed by atoms with Crippen molar-refractivity contribution >= 4 is 40.7 Å². The van der Waals surface area contributed by atoms with Gasteiger partial charge < -0.3 is 20.3 Å². The Labute approximate surface area is 198 Å². The van der Waals surface area contributed by atoms with E-state index in [-0.39, 0.29) is 5.91 Å². The predicted molar refractivity (Wildman–Crippen MR) is 133 cm³/mol. The monoisotopic (exact) mass is 461 g/mol. The molecule has 7 nitrogen and oxygen atoms in total. The van der Waals surface area contributed by atoms with Crippen molar-refractivity contribution in [3.05, 3.63) is 72.4 Å². The van der Waals surface area contributed by atoms with Crippen molar-refractivity contribution in [3.63, 3.8) is 0 Å². The molecule has 2 aromatic carbocycles. The third kappa shape index (κ3) is 6.34. The number of nitrogens with one attached hydrogen (secondary N) is 2. The van der Waals surface area contributed by atoms with Gasteiger partial charge in [-0.05, 0) is 62.4 Å². The van der Waals surface area contributed by atoms with E-state index in [0.717, 1.165) is 47.6 Å². The van der Waals surface area contributed by atoms with E-state index in [9.17, 15) is 4.79 Å². The Morgan fingerprint density at radius 2 is 1.88 bits per heavy atom. The fourth-order valence-electron chi connectivity index (χ4n) is 3.28. The molecular weight excluding hydrogens is 434 g/mol. The number of hydrogen-bond donors (Lipinski definition) is 2. The van der Waals surface area contributed by atoms with Crippen LogP contribution in [0.2, 0.25) is 0 Å². The normalized spacial score (nSPS) is 14.1. The lowest BCUT2D eigenvalue weighted by atomic mass is 10.2. The Balaban J connectivity index is 1.40. The molecule has 1 aliphatic rings. The summed E-state index contributed by atoms with van der Waals surface area (Å²) >= 11 is 1.51. The number of carbonyl (C=O) groups is 1. The van der Waals surface area contributed by atoms with E-state index >= 15 is 0 Å². The number of carbonyl (C=O) groups excluding carboxylic acids is 1. The molecule has 0 spiro atoms. The second-order valence-corrected chi connectivity index (χ2v) is 8.64. The number of hydrogen-bond acceptors (Lipinski definition) is 7. The lowest BCUT2D eigenvalue weighted by Gasteiger charge is -2.28. The van der Waals surface area contributed by atoms with Gasteiger partial charge in [-0.15, -0.1) is 0 Å². The van der Waals surface area contributed by atoms with Crippen molar-refractivity contribution < 1.29 is 9.53 Å². The van der Waals surface area contributed by atoms with Crippen LogP contribution in [0.15, 0.2) is 82.4 Å². The van der Waals surface area contributed by atoms with Gasteiger partial charge in [0.25, 0.3) is 5.91 Å². The maximum atomic E-state index is 12.1. The van der Waals surface area contributed by atoms with Crippen LogP contribution in [-0.2, 0) is 9.53 Å². The fraction of sp³-hybridized carbons (Fsp3) is 0.240. The summed E-state index contributed by atoms with van der Waals surface area (Å²) in [5, 5.41) is 7.00. The number of nitrogens with zero attached hydrogens (tertiary/aromatic N) is 3. The Hall–Kier alpha value is -3.36. The van der Waals surface area contributed by atoms with E-state index in [1.54, 1.807) is 19.2 Å². The highest BCUT2D eigenvalue weighted by Crippen LogP contribution is 2.29. The number of benzene rings is 2. The minimum absolute atomic E-state index is 0.104. The summed E-state index contributed by atoms with van der Waals surface area (Å²) in [5.74, 6) is 0.431. The molecule has 0 aliphatic carbocycles. The number of ether oxygens (including phenoxy) is 1. The van der Waals surface area contributed by atoms with Crippen LogP contribution < -0.4 is 15.5 Å². The molecule has 8 heteroatoms. The second-order valence-electron chi connectivity index (χ2n) is 7.55. The van der Waals surface area contributed by atoms with Crippen molar-refractivity contribution in [2.75, 3.05) is 41.8 Å². The summed E-state index contributed by atoms with van der Waals surface area (Å²) in [6, 6.07) is 17.8. The van der Waals surface area contributed by atoms with Crippen LogP contribution in [0.4, 0.5) is 23.0 Å². The zero-order chi connectivity index (χ0) is 23.0. The molecule has 1 fully saturated rings. The lowest BCUT2D eigenvalue weighted by Crippen LogP contribution is -2.36. The van der Waals surface area contributed by atoms with Crippen LogP contribution >= 0.6 is 11.8 Å². The Bertz CT molecular complexity index is 1130. The van der Waals surface area contributed by atoms with Crippen LogP contribution in [0, 0.1) is 0 Å². The molecule has 0 saturated carbocycles. The predicted octanol–water partition coefficient (Wildman–Crippen LogP) is 5.11. The minimum Gasteiger partial charge on any atom is -0.378 e. The van der Waals surface area contributed by atoms with Gasteiger partial charge in [-0.25, -0.2) is 9.97 Å². The third-order valence-electron chi connectivity index (χ3n) is 5.24. The summed E-state index contributed by atoms with van der Waals surface area (Å²) in [6.45, 7) is 7.00. The van der Waals surface area contributed by atoms with Gasteiger partial charge in [-0.3, -0.25) is 4.79 Å². The first-order chi connectivity index (χ1) is 16.1. The topological polar surface area (TPSA) is 79.4 Å². The SMILES string of the molecule is CC=C(C)C(=O)Nc1cccc(Sc2ccnc(Nc3ccc(N4CCOCC4)cc3)n2)c1. The first-order valence-corrected chi connectivity index (χ1v) is 11.7. The fourth-order valence-corrected chi connectivity index (χ4v) is 4.12. The van der Waals surface area contributed by atoms with Gasteiger partial charge in [-0.1, -0.05) is 23.9 Å². The quantitative estimate of drug-likeness (QED) is 0.374. The van der Waals surface area contributed by atoms with Gasteiger partial charge in [0, 0.05) is 46.8 Å². The highest BCUT2D eigenvalue weighted by molar-refractivity contribution is 7.99. The first-order valence-electron chi connectivity index (χ1n) is 10.9. The molecule has 4 rings (SSSR count). The molecule has 1 saturated heterocycles. The number of anilines is 4. The van der Waals surface area contributed by atoms with Crippen LogP contribution in [0.3, 0.4) is 0 Å². The molecule has 1 aromatic heterocycles. The molecule has 33 heavy (non-hydrogen) atoms. The standard InChI is InChI=1S/C25H27N5O2S/c1-3-18(2)24(31)27-20-5-4-6-22(17-20)33-23-11-12-26-25(29-23)28-19-7-9-21(10-8-19)30-13-15-32-16-14-30/h3-12,17H,13-16H2,1-2H3,(H,27,31)(H,26,28,29). The number of aromatic nitrogens is 2. The van der Waals surface area contributed by atoms with Crippen molar-refractivity contribution in [2.24, 2.45) is 0 Å². The van der Waals surface area contributed by atoms with Gasteiger partial charge in [0.2, 0.25) is 5.95 Å². The molecule has 0 atom stereocenters. The van der Waals surface area contributed by atoms with Crippen LogP contribution in [-0.4, -0.2) is 42.2 Å². The van der Waals surface area contributed by atoms with Crippen LogP contribution in [0.1, 0.15) is 13.8 Å². The number of rotatable bonds is 7. The van der Waals surface area contributed by atoms with E-state index in [2.05, 4.69) is 37.6 Å². The smallest absolute Gasteiger partial charge is 0.250 e. The summed E-state index contributed by atoms with van der Waals surface area (Å²) in [7, 11) is 0. The maximum absolute atomic E-state index is 12.1. The molecular formula is C25H27N5O2S. The molecule has 0 radical (unpaired) electrons. The Morgan fingerprint density at radius 3 is 2.64 bits per heavy atom. The first kappa shape index (κ1) is 22.8. The molecule has 0 unspecified atom stereocenters. The van der Waals surface area contributed by atoms with Gasteiger partial charge in [0.15, 0.2) is 0 Å². The Kier molecular flexibility index (Phi) is 7.59. The lowest BCUT2D eigenvalue weighted by molar-refractivity contribution is -0.112. The van der Waals surface area contributed by atoms with Crippen molar-refractivity contribution in [2.45, 2.75) is 23.8 Å². The minimum atomic E-state index is -0.104. The van der Waals surface area contributed by atoms with E-state index in [1.807, 2.05) is 49.4 Å². The summed E-state index contributed by atoms with van der Waals surface area (Å²) in [5.41, 5.74) is 3.54.